The van der Waals surface area contributed by atoms with E-state index in [9.17, 15) is 8.42 Å². The third-order valence-electron chi connectivity index (χ3n) is 4.75. The second kappa shape index (κ2) is 9.07. The van der Waals surface area contributed by atoms with E-state index < -0.39 is 10.0 Å². The van der Waals surface area contributed by atoms with Gasteiger partial charge in [-0.3, -0.25) is 9.97 Å². The molecular weight excluding hydrogens is 410 g/mol. The first-order valence-electron chi connectivity index (χ1n) is 9.70. The van der Waals surface area contributed by atoms with Crippen LogP contribution in [0.4, 0.5) is 0 Å². The number of para-hydroxylation sites is 1. The van der Waals surface area contributed by atoms with Crippen LogP contribution >= 0.6 is 0 Å². The van der Waals surface area contributed by atoms with Crippen molar-refractivity contribution in [1.82, 2.24) is 14.7 Å². The number of aryl methyl sites for hydroxylation is 1. The molecule has 31 heavy (non-hydrogen) atoms. The number of hydrogen-bond donors (Lipinski definition) is 1. The molecule has 0 atom stereocenters. The molecule has 0 bridgehead atoms. The minimum atomic E-state index is -3.70. The van der Waals surface area contributed by atoms with E-state index >= 15 is 0 Å². The van der Waals surface area contributed by atoms with E-state index in [4.69, 9.17) is 4.74 Å². The predicted molar refractivity (Wildman–Crippen MR) is 119 cm³/mol. The van der Waals surface area contributed by atoms with Gasteiger partial charge in [-0.1, -0.05) is 24.3 Å². The second-order valence-electron chi connectivity index (χ2n) is 6.91. The van der Waals surface area contributed by atoms with Gasteiger partial charge in [-0.05, 0) is 66.6 Å². The number of benzene rings is 2. The van der Waals surface area contributed by atoms with E-state index in [0.717, 1.165) is 28.1 Å². The van der Waals surface area contributed by atoms with Gasteiger partial charge in [-0.2, -0.15) is 0 Å². The van der Waals surface area contributed by atoms with E-state index in [-0.39, 0.29) is 11.4 Å². The van der Waals surface area contributed by atoms with Gasteiger partial charge in [0.25, 0.3) is 0 Å². The summed E-state index contributed by atoms with van der Waals surface area (Å²) in [6.45, 7) is 2.08. The van der Waals surface area contributed by atoms with E-state index in [1.54, 1.807) is 36.8 Å². The van der Waals surface area contributed by atoms with Crippen molar-refractivity contribution in [3.8, 4) is 22.8 Å². The minimum absolute atomic E-state index is 0.120. The topological polar surface area (TPSA) is 81.2 Å². The zero-order valence-corrected chi connectivity index (χ0v) is 17.7. The van der Waals surface area contributed by atoms with Crippen molar-refractivity contribution >= 4 is 10.0 Å². The Hall–Kier alpha value is -3.55. The van der Waals surface area contributed by atoms with Crippen LogP contribution in [-0.4, -0.2) is 18.4 Å². The van der Waals surface area contributed by atoms with E-state index in [2.05, 4.69) is 14.7 Å². The van der Waals surface area contributed by atoms with Crippen LogP contribution in [0.15, 0.2) is 96.3 Å². The zero-order chi connectivity index (χ0) is 21.7. The Balaban J connectivity index is 1.48. The molecule has 7 heteroatoms. The van der Waals surface area contributed by atoms with Crippen molar-refractivity contribution in [2.24, 2.45) is 0 Å². The Morgan fingerprint density at radius 1 is 0.871 bits per heavy atom. The molecule has 0 saturated carbocycles. The molecule has 0 unspecified atom stereocenters. The maximum absolute atomic E-state index is 12.8. The molecule has 0 radical (unpaired) electrons. The molecule has 1 N–H and O–H groups in total. The Labute approximate surface area is 181 Å². The maximum atomic E-state index is 12.8. The highest BCUT2D eigenvalue weighted by atomic mass is 32.2. The van der Waals surface area contributed by atoms with E-state index in [1.807, 2.05) is 49.4 Å². The highest BCUT2D eigenvalue weighted by molar-refractivity contribution is 7.89. The number of hydrogen-bond acceptors (Lipinski definition) is 5. The minimum Gasteiger partial charge on any atom is -0.457 e. The molecule has 2 aromatic heterocycles. The highest BCUT2D eigenvalue weighted by Crippen LogP contribution is 2.26. The molecule has 0 spiro atoms. The molecule has 0 aliphatic heterocycles. The van der Waals surface area contributed by atoms with E-state index in [0.29, 0.717) is 5.75 Å². The van der Waals surface area contributed by atoms with Gasteiger partial charge in [-0.25, -0.2) is 13.1 Å². The number of ether oxygens (including phenoxy) is 1. The number of rotatable bonds is 7. The Morgan fingerprint density at radius 3 is 2.35 bits per heavy atom. The lowest BCUT2D eigenvalue weighted by molar-refractivity contribution is 0.478. The molecule has 6 nitrogen and oxygen atoms in total. The molecule has 0 aliphatic carbocycles. The molecule has 0 saturated heterocycles. The third-order valence-corrected chi connectivity index (χ3v) is 6.17. The van der Waals surface area contributed by atoms with Crippen molar-refractivity contribution in [3.63, 3.8) is 0 Å². The van der Waals surface area contributed by atoms with Crippen LogP contribution < -0.4 is 9.46 Å². The third kappa shape index (κ3) is 4.96. The summed E-state index contributed by atoms with van der Waals surface area (Å²) in [4.78, 5) is 8.58. The summed E-state index contributed by atoms with van der Waals surface area (Å²) in [5.41, 5.74) is 3.37. The van der Waals surface area contributed by atoms with Gasteiger partial charge < -0.3 is 4.74 Å². The lowest BCUT2D eigenvalue weighted by Gasteiger charge is -2.12. The first-order chi connectivity index (χ1) is 15.0. The fourth-order valence-corrected chi connectivity index (χ4v) is 4.10. The zero-order valence-electron chi connectivity index (χ0n) is 16.9. The van der Waals surface area contributed by atoms with Crippen molar-refractivity contribution in [1.29, 1.82) is 0 Å². The second-order valence-corrected chi connectivity index (χ2v) is 8.68. The summed E-state index contributed by atoms with van der Waals surface area (Å²) in [6, 6.07) is 21.3. The van der Waals surface area contributed by atoms with Gasteiger partial charge in [0.15, 0.2) is 0 Å². The monoisotopic (exact) mass is 431 g/mol. The molecule has 0 aliphatic rings. The average Bonchev–Trinajstić information content (AvgIpc) is 2.80. The van der Waals surface area contributed by atoms with Crippen molar-refractivity contribution in [3.05, 3.63) is 103 Å². The molecule has 2 aromatic carbocycles. The van der Waals surface area contributed by atoms with Crippen molar-refractivity contribution in [2.45, 2.75) is 18.4 Å². The Bertz CT molecular complexity index is 1270. The van der Waals surface area contributed by atoms with Crippen LogP contribution in [0, 0.1) is 6.92 Å². The lowest BCUT2D eigenvalue weighted by Crippen LogP contribution is -2.23. The highest BCUT2D eigenvalue weighted by Gasteiger charge is 2.16. The predicted octanol–water partition coefficient (Wildman–Crippen LogP) is 4.72. The SMILES string of the molecule is Cc1ccccc1Oc1ccc(S(=O)(=O)NCc2cccnc2-c2ccncc2)cc1. The number of aromatic nitrogens is 2. The van der Waals surface area contributed by atoms with Crippen LogP contribution in [0.1, 0.15) is 11.1 Å². The number of pyridine rings is 2. The van der Waals surface area contributed by atoms with Gasteiger partial charge >= 0.3 is 0 Å². The Kier molecular flexibility index (Phi) is 6.06. The standard InChI is InChI=1S/C24H21N3O3S/c1-18-5-2-3-7-23(18)30-21-8-10-22(11-9-21)31(28,29)27-17-20-6-4-14-26-24(20)19-12-15-25-16-13-19/h2-16,27H,17H2,1H3. The van der Waals surface area contributed by atoms with Crippen LogP contribution in [0.2, 0.25) is 0 Å². The molecule has 156 valence electrons. The average molecular weight is 432 g/mol. The first kappa shape index (κ1) is 20.7. The summed E-state index contributed by atoms with van der Waals surface area (Å²) in [7, 11) is -3.70. The summed E-state index contributed by atoms with van der Waals surface area (Å²) in [5.74, 6) is 1.30. The molecule has 4 rings (SSSR count). The molecule has 0 fully saturated rings. The van der Waals surface area contributed by atoms with Crippen molar-refractivity contribution in [2.75, 3.05) is 0 Å². The summed E-state index contributed by atoms with van der Waals surface area (Å²) >= 11 is 0. The van der Waals surface area contributed by atoms with Crippen LogP contribution in [0.5, 0.6) is 11.5 Å². The quantitative estimate of drug-likeness (QED) is 0.458. The van der Waals surface area contributed by atoms with Gasteiger partial charge in [0.2, 0.25) is 10.0 Å². The summed E-state index contributed by atoms with van der Waals surface area (Å²) in [5, 5.41) is 0. The molecule has 2 heterocycles. The number of nitrogens with zero attached hydrogens (tertiary/aromatic N) is 2. The number of nitrogens with one attached hydrogen (secondary N) is 1. The van der Waals surface area contributed by atoms with Crippen LogP contribution in [-0.2, 0) is 16.6 Å². The maximum Gasteiger partial charge on any atom is 0.240 e. The fourth-order valence-electron chi connectivity index (χ4n) is 3.09. The normalized spacial score (nSPS) is 11.3. The first-order valence-corrected chi connectivity index (χ1v) is 11.2. The van der Waals surface area contributed by atoms with E-state index in [1.165, 1.54) is 12.1 Å². The van der Waals surface area contributed by atoms with Crippen LogP contribution in [0.3, 0.4) is 0 Å². The summed E-state index contributed by atoms with van der Waals surface area (Å²) < 4.78 is 34.1. The van der Waals surface area contributed by atoms with Crippen molar-refractivity contribution < 1.29 is 13.2 Å². The molecule has 4 aromatic rings. The largest absolute Gasteiger partial charge is 0.457 e. The molecular formula is C24H21N3O3S. The summed E-state index contributed by atoms with van der Waals surface area (Å²) in [6.07, 6.45) is 5.04. The van der Waals surface area contributed by atoms with Gasteiger partial charge in [0.05, 0.1) is 10.6 Å². The fraction of sp³-hybridized carbons (Fsp3) is 0.0833. The number of sulfonamides is 1. The van der Waals surface area contributed by atoms with Gasteiger partial charge in [0.1, 0.15) is 11.5 Å². The van der Waals surface area contributed by atoms with Crippen LogP contribution in [0.25, 0.3) is 11.3 Å². The van der Waals surface area contributed by atoms with Gasteiger partial charge in [-0.15, -0.1) is 0 Å². The van der Waals surface area contributed by atoms with Gasteiger partial charge in [0, 0.05) is 30.7 Å². The molecule has 0 amide bonds. The smallest absolute Gasteiger partial charge is 0.240 e. The lowest BCUT2D eigenvalue weighted by atomic mass is 10.1. The Morgan fingerprint density at radius 2 is 1.61 bits per heavy atom.